The molecule has 0 unspecified atom stereocenters. The molecule has 0 N–H and O–H groups in total. The quantitative estimate of drug-likeness (QED) is 0.197. The first kappa shape index (κ1) is 31.1. The van der Waals surface area contributed by atoms with Crippen LogP contribution in [0.2, 0.25) is 0 Å². The standard InChI is InChI=1S/C42H48N2/c1-40(2,3)31-15-21-35(22-16-31)43(34-13-11-10-12-14-34)38-27-29-39(30-28-38)44(36-23-17-32(18-24-36)41(4,5)6)37-25-19-33(20-26-37)42(7,8)9/h10-30H,1-9H3. The molecule has 44 heavy (non-hydrogen) atoms. The SMILES string of the molecule is CC(C)(C)c1ccc(N(c2ccccc2)c2ccc(N(c3ccc(C(C)(C)C)cc3)c3ccc(C(C)(C)C)cc3)cc2)cc1. The van der Waals surface area contributed by atoms with Crippen molar-refractivity contribution >= 4 is 34.1 Å². The Balaban J connectivity index is 1.57. The van der Waals surface area contributed by atoms with E-state index >= 15 is 0 Å². The van der Waals surface area contributed by atoms with E-state index in [9.17, 15) is 0 Å². The van der Waals surface area contributed by atoms with E-state index < -0.39 is 0 Å². The minimum atomic E-state index is 0.103. The van der Waals surface area contributed by atoms with Gasteiger partial charge in [0.25, 0.3) is 0 Å². The zero-order chi connectivity index (χ0) is 31.7. The average Bonchev–Trinajstić information content (AvgIpc) is 2.98. The Kier molecular flexibility index (Phi) is 8.49. The van der Waals surface area contributed by atoms with Crippen molar-refractivity contribution in [2.45, 2.75) is 78.6 Å². The summed E-state index contributed by atoms with van der Waals surface area (Å²) in [5, 5.41) is 0. The Bertz CT molecular complexity index is 1590. The molecule has 0 bridgehead atoms. The molecule has 0 aromatic heterocycles. The fourth-order valence-electron chi connectivity index (χ4n) is 5.55. The second kappa shape index (κ2) is 12.0. The zero-order valence-electron chi connectivity index (χ0n) is 28.0. The lowest BCUT2D eigenvalue weighted by molar-refractivity contribution is 0.590. The highest BCUT2D eigenvalue weighted by Crippen LogP contribution is 2.40. The first-order valence-corrected chi connectivity index (χ1v) is 15.8. The lowest BCUT2D eigenvalue weighted by atomic mass is 9.86. The molecular weight excluding hydrogens is 532 g/mol. The molecule has 0 amide bonds. The van der Waals surface area contributed by atoms with Gasteiger partial charge in [-0.25, -0.2) is 0 Å². The number of benzene rings is 5. The molecular formula is C42H48N2. The summed E-state index contributed by atoms with van der Waals surface area (Å²) in [5.74, 6) is 0. The molecule has 0 aliphatic heterocycles. The van der Waals surface area contributed by atoms with Gasteiger partial charge in [0.2, 0.25) is 0 Å². The molecule has 0 radical (unpaired) electrons. The first-order valence-electron chi connectivity index (χ1n) is 15.8. The summed E-state index contributed by atoms with van der Waals surface area (Å²) in [6.45, 7) is 20.4. The third-order valence-electron chi connectivity index (χ3n) is 8.36. The Morgan fingerprint density at radius 3 is 0.705 bits per heavy atom. The second-order valence-electron chi connectivity index (χ2n) is 14.9. The lowest BCUT2D eigenvalue weighted by Gasteiger charge is -2.30. The average molecular weight is 581 g/mol. The zero-order valence-corrected chi connectivity index (χ0v) is 28.0. The van der Waals surface area contributed by atoms with Crippen LogP contribution in [0.5, 0.6) is 0 Å². The summed E-state index contributed by atoms with van der Waals surface area (Å²) in [6, 6.07) is 46.6. The summed E-state index contributed by atoms with van der Waals surface area (Å²) in [7, 11) is 0. The molecule has 2 nitrogen and oxygen atoms in total. The minimum absolute atomic E-state index is 0.103. The van der Waals surface area contributed by atoms with Crippen LogP contribution < -0.4 is 9.80 Å². The normalized spacial score (nSPS) is 12.2. The predicted octanol–water partition coefficient (Wildman–Crippen LogP) is 12.5. The van der Waals surface area contributed by atoms with Crippen molar-refractivity contribution in [3.63, 3.8) is 0 Å². The van der Waals surface area contributed by atoms with Gasteiger partial charge in [0, 0.05) is 34.1 Å². The summed E-state index contributed by atoms with van der Waals surface area (Å²) in [4.78, 5) is 4.68. The van der Waals surface area contributed by atoms with E-state index in [2.05, 4.69) is 200 Å². The fourth-order valence-corrected chi connectivity index (χ4v) is 5.55. The molecule has 0 heterocycles. The largest absolute Gasteiger partial charge is 0.311 e. The number of nitrogens with zero attached hydrogens (tertiary/aromatic N) is 2. The van der Waals surface area contributed by atoms with E-state index in [1.807, 2.05) is 0 Å². The van der Waals surface area contributed by atoms with Crippen molar-refractivity contribution < 1.29 is 0 Å². The lowest BCUT2D eigenvalue weighted by Crippen LogP contribution is -2.15. The van der Waals surface area contributed by atoms with Gasteiger partial charge >= 0.3 is 0 Å². The Morgan fingerprint density at radius 2 is 0.477 bits per heavy atom. The topological polar surface area (TPSA) is 6.48 Å². The van der Waals surface area contributed by atoms with Crippen LogP contribution in [0.15, 0.2) is 127 Å². The molecule has 0 aliphatic rings. The number of para-hydroxylation sites is 1. The van der Waals surface area contributed by atoms with E-state index in [-0.39, 0.29) is 16.2 Å². The van der Waals surface area contributed by atoms with Gasteiger partial charge in [0.15, 0.2) is 0 Å². The van der Waals surface area contributed by atoms with Gasteiger partial charge in [0.05, 0.1) is 0 Å². The molecule has 2 heteroatoms. The van der Waals surface area contributed by atoms with E-state index in [1.54, 1.807) is 0 Å². The van der Waals surface area contributed by atoms with Crippen molar-refractivity contribution in [2.75, 3.05) is 9.80 Å². The van der Waals surface area contributed by atoms with Crippen molar-refractivity contribution in [3.8, 4) is 0 Å². The molecule has 0 aliphatic carbocycles. The summed E-state index contributed by atoms with van der Waals surface area (Å²) in [5.41, 5.74) is 11.1. The highest BCUT2D eigenvalue weighted by molar-refractivity contribution is 5.81. The maximum atomic E-state index is 2.35. The van der Waals surface area contributed by atoms with Crippen LogP contribution in [0, 0.1) is 0 Å². The maximum Gasteiger partial charge on any atom is 0.0463 e. The molecule has 5 rings (SSSR count). The van der Waals surface area contributed by atoms with Crippen LogP contribution in [-0.4, -0.2) is 0 Å². The highest BCUT2D eigenvalue weighted by atomic mass is 15.2. The third kappa shape index (κ3) is 6.91. The number of hydrogen-bond acceptors (Lipinski definition) is 2. The predicted molar refractivity (Wildman–Crippen MR) is 192 cm³/mol. The van der Waals surface area contributed by atoms with Gasteiger partial charge in [-0.2, -0.15) is 0 Å². The van der Waals surface area contributed by atoms with Crippen LogP contribution >= 0.6 is 0 Å². The van der Waals surface area contributed by atoms with Gasteiger partial charge in [0.1, 0.15) is 0 Å². The summed E-state index contributed by atoms with van der Waals surface area (Å²) >= 11 is 0. The highest BCUT2D eigenvalue weighted by Gasteiger charge is 2.20. The van der Waals surface area contributed by atoms with E-state index in [0.29, 0.717) is 0 Å². The minimum Gasteiger partial charge on any atom is -0.311 e. The van der Waals surface area contributed by atoms with Gasteiger partial charge in [-0.05, 0) is 106 Å². The van der Waals surface area contributed by atoms with Crippen LogP contribution in [0.25, 0.3) is 0 Å². The van der Waals surface area contributed by atoms with Gasteiger partial charge in [-0.3, -0.25) is 0 Å². The second-order valence-corrected chi connectivity index (χ2v) is 14.9. The van der Waals surface area contributed by atoms with Crippen LogP contribution in [0.3, 0.4) is 0 Å². The van der Waals surface area contributed by atoms with Crippen molar-refractivity contribution in [1.29, 1.82) is 0 Å². The molecule has 0 atom stereocenters. The monoisotopic (exact) mass is 580 g/mol. The number of hydrogen-bond donors (Lipinski definition) is 0. The third-order valence-corrected chi connectivity index (χ3v) is 8.36. The summed E-state index contributed by atoms with van der Waals surface area (Å²) < 4.78 is 0. The molecule has 5 aromatic rings. The van der Waals surface area contributed by atoms with E-state index in [1.165, 1.54) is 16.7 Å². The number of rotatable bonds is 6. The van der Waals surface area contributed by atoms with Crippen molar-refractivity contribution in [1.82, 2.24) is 0 Å². The summed E-state index contributed by atoms with van der Waals surface area (Å²) in [6.07, 6.45) is 0. The smallest absolute Gasteiger partial charge is 0.0463 e. The Labute approximate surface area is 266 Å². The molecule has 0 saturated carbocycles. The van der Waals surface area contributed by atoms with Crippen molar-refractivity contribution in [3.05, 3.63) is 144 Å². The molecule has 5 aromatic carbocycles. The molecule has 0 spiro atoms. The van der Waals surface area contributed by atoms with Crippen molar-refractivity contribution in [2.24, 2.45) is 0 Å². The fraction of sp³-hybridized carbons (Fsp3) is 0.286. The molecule has 0 saturated heterocycles. The van der Waals surface area contributed by atoms with Crippen LogP contribution in [0.1, 0.15) is 79.0 Å². The Morgan fingerprint density at radius 1 is 0.273 bits per heavy atom. The van der Waals surface area contributed by atoms with E-state index in [4.69, 9.17) is 0 Å². The maximum absolute atomic E-state index is 2.35. The van der Waals surface area contributed by atoms with Gasteiger partial charge in [-0.15, -0.1) is 0 Å². The molecule has 226 valence electrons. The molecule has 0 fully saturated rings. The first-order chi connectivity index (χ1) is 20.7. The van der Waals surface area contributed by atoms with E-state index in [0.717, 1.165) is 34.1 Å². The van der Waals surface area contributed by atoms with Crippen LogP contribution in [-0.2, 0) is 16.2 Å². The van der Waals surface area contributed by atoms with Crippen LogP contribution in [0.4, 0.5) is 34.1 Å². The van der Waals surface area contributed by atoms with Gasteiger partial charge < -0.3 is 9.80 Å². The number of anilines is 6. The van der Waals surface area contributed by atoms with Gasteiger partial charge in [-0.1, -0.05) is 117 Å². The Hall–Kier alpha value is -4.30.